The molecule has 104 valence electrons. The van der Waals surface area contributed by atoms with Crippen molar-refractivity contribution in [2.75, 3.05) is 33.8 Å². The minimum absolute atomic E-state index is 0.0397. The van der Waals surface area contributed by atoms with Crippen molar-refractivity contribution in [2.45, 2.75) is 12.5 Å². The highest BCUT2D eigenvalue weighted by Crippen LogP contribution is 2.19. The number of nitrogens with zero attached hydrogens (tertiary/aromatic N) is 1. The van der Waals surface area contributed by atoms with Gasteiger partial charge in [0.15, 0.2) is 17.3 Å². The van der Waals surface area contributed by atoms with Gasteiger partial charge in [-0.1, -0.05) is 0 Å². The Morgan fingerprint density at radius 1 is 1.58 bits per heavy atom. The number of halogens is 1. The average molecular weight is 266 g/mol. The summed E-state index contributed by atoms with van der Waals surface area (Å²) >= 11 is 0. The van der Waals surface area contributed by atoms with Crippen LogP contribution in [0.3, 0.4) is 0 Å². The number of hydrogen-bond acceptors (Lipinski definition) is 4. The van der Waals surface area contributed by atoms with Crippen molar-refractivity contribution >= 4 is 5.78 Å². The predicted octanol–water partition coefficient (Wildman–Crippen LogP) is 1.31. The Hall–Kier alpha value is -1.46. The molecule has 1 fully saturated rings. The number of Topliss-reactive ketones (excluding diaryl/α,β-unsaturated/α-hetero) is 1. The van der Waals surface area contributed by atoms with Crippen molar-refractivity contribution in [3.8, 4) is 5.75 Å². The van der Waals surface area contributed by atoms with Crippen molar-refractivity contribution in [3.63, 3.8) is 0 Å². The third kappa shape index (κ3) is 3.30. The van der Waals surface area contributed by atoms with Crippen LogP contribution in [-0.2, 0) is 0 Å². The number of carbonyl (C=O) groups is 1. The fraction of sp³-hybridized carbons (Fsp3) is 0.500. The van der Waals surface area contributed by atoms with Crippen LogP contribution < -0.4 is 10.1 Å². The highest BCUT2D eigenvalue weighted by atomic mass is 19.1. The maximum Gasteiger partial charge on any atom is 0.165 e. The van der Waals surface area contributed by atoms with Gasteiger partial charge < -0.3 is 15.0 Å². The second-order valence-electron chi connectivity index (χ2n) is 4.82. The van der Waals surface area contributed by atoms with Crippen molar-refractivity contribution in [2.24, 2.45) is 0 Å². The van der Waals surface area contributed by atoms with Gasteiger partial charge in [-0.3, -0.25) is 4.79 Å². The summed E-state index contributed by atoms with van der Waals surface area (Å²) < 4.78 is 18.4. The average Bonchev–Trinajstić information content (AvgIpc) is 2.41. The van der Waals surface area contributed by atoms with E-state index >= 15 is 0 Å². The number of rotatable bonds is 4. The van der Waals surface area contributed by atoms with E-state index in [9.17, 15) is 9.18 Å². The second kappa shape index (κ2) is 6.12. The van der Waals surface area contributed by atoms with Gasteiger partial charge in [-0.05, 0) is 25.2 Å². The first-order valence-electron chi connectivity index (χ1n) is 6.39. The highest BCUT2D eigenvalue weighted by Gasteiger charge is 2.22. The summed E-state index contributed by atoms with van der Waals surface area (Å²) in [4.78, 5) is 14.3. The van der Waals surface area contributed by atoms with Crippen LogP contribution in [-0.4, -0.2) is 50.5 Å². The first-order chi connectivity index (χ1) is 9.11. The lowest BCUT2D eigenvalue weighted by molar-refractivity contribution is 0.0917. The summed E-state index contributed by atoms with van der Waals surface area (Å²) in [6, 6.07) is 4.52. The number of ketones is 1. The molecule has 1 saturated heterocycles. The van der Waals surface area contributed by atoms with Crippen molar-refractivity contribution in [1.82, 2.24) is 10.2 Å². The summed E-state index contributed by atoms with van der Waals surface area (Å²) in [5.41, 5.74) is 0.400. The molecule has 1 heterocycles. The number of methoxy groups -OCH3 is 1. The Kier molecular flexibility index (Phi) is 4.50. The van der Waals surface area contributed by atoms with E-state index in [2.05, 4.69) is 10.2 Å². The third-order valence-electron chi connectivity index (χ3n) is 3.54. The van der Waals surface area contributed by atoms with Gasteiger partial charge in [-0.25, -0.2) is 4.39 Å². The first-order valence-corrected chi connectivity index (χ1v) is 6.39. The highest BCUT2D eigenvalue weighted by molar-refractivity contribution is 5.96. The molecule has 0 saturated carbocycles. The van der Waals surface area contributed by atoms with Crippen LogP contribution >= 0.6 is 0 Å². The van der Waals surface area contributed by atoms with Gasteiger partial charge in [-0.15, -0.1) is 0 Å². The molecule has 2 rings (SSSR count). The van der Waals surface area contributed by atoms with Crippen molar-refractivity contribution in [1.29, 1.82) is 0 Å². The number of piperazine rings is 1. The van der Waals surface area contributed by atoms with E-state index in [4.69, 9.17) is 4.74 Å². The number of benzene rings is 1. The number of nitrogens with one attached hydrogen (secondary N) is 1. The van der Waals surface area contributed by atoms with Gasteiger partial charge >= 0.3 is 0 Å². The lowest BCUT2D eigenvalue weighted by atomic mass is 10.0. The van der Waals surface area contributed by atoms with Crippen LogP contribution in [0.4, 0.5) is 4.39 Å². The molecule has 1 aromatic carbocycles. The summed E-state index contributed by atoms with van der Waals surface area (Å²) in [7, 11) is 3.41. The van der Waals surface area contributed by atoms with E-state index in [1.807, 2.05) is 7.05 Å². The van der Waals surface area contributed by atoms with Gasteiger partial charge in [0, 0.05) is 37.7 Å². The zero-order valence-corrected chi connectivity index (χ0v) is 11.3. The summed E-state index contributed by atoms with van der Waals surface area (Å²) in [6.07, 6.45) is 0.398. The van der Waals surface area contributed by atoms with Gasteiger partial charge in [-0.2, -0.15) is 0 Å². The second-order valence-corrected chi connectivity index (χ2v) is 4.82. The number of carbonyl (C=O) groups excluding carboxylic acids is 1. The Morgan fingerprint density at radius 3 is 3.00 bits per heavy atom. The normalized spacial score (nSPS) is 20.3. The maximum absolute atomic E-state index is 13.6. The Balaban J connectivity index is 2.05. The molecule has 1 aromatic rings. The molecule has 1 unspecified atom stereocenters. The Bertz CT molecular complexity index is 465. The third-order valence-corrected chi connectivity index (χ3v) is 3.54. The largest absolute Gasteiger partial charge is 0.494 e. The van der Waals surface area contributed by atoms with Gasteiger partial charge in [0.25, 0.3) is 0 Å². The van der Waals surface area contributed by atoms with Crippen LogP contribution in [0, 0.1) is 5.82 Å². The van der Waals surface area contributed by atoms with Gasteiger partial charge in [0.05, 0.1) is 7.11 Å². The molecule has 1 aliphatic heterocycles. The van der Waals surface area contributed by atoms with Crippen LogP contribution in [0.25, 0.3) is 0 Å². The molecule has 1 N–H and O–H groups in total. The zero-order valence-electron chi connectivity index (χ0n) is 11.3. The van der Waals surface area contributed by atoms with Crippen LogP contribution in [0.15, 0.2) is 18.2 Å². The van der Waals surface area contributed by atoms with Crippen LogP contribution in [0.5, 0.6) is 5.75 Å². The van der Waals surface area contributed by atoms with Crippen LogP contribution in [0.1, 0.15) is 16.8 Å². The molecule has 1 aliphatic rings. The lowest BCUT2D eigenvalue weighted by Crippen LogP contribution is -2.49. The number of hydrogen-bond donors (Lipinski definition) is 1. The number of ether oxygens (including phenoxy) is 1. The molecule has 19 heavy (non-hydrogen) atoms. The zero-order chi connectivity index (χ0) is 13.8. The molecule has 1 atom stereocenters. The molecule has 0 spiro atoms. The molecule has 0 bridgehead atoms. The summed E-state index contributed by atoms with van der Waals surface area (Å²) in [5, 5.41) is 3.26. The molecule has 0 aromatic heterocycles. The Morgan fingerprint density at radius 2 is 2.37 bits per heavy atom. The topological polar surface area (TPSA) is 41.6 Å². The molecule has 0 radical (unpaired) electrons. The van der Waals surface area contributed by atoms with Crippen molar-refractivity contribution < 1.29 is 13.9 Å². The molecule has 4 nitrogen and oxygen atoms in total. The Labute approximate surface area is 112 Å². The van der Waals surface area contributed by atoms with Gasteiger partial charge in [0.2, 0.25) is 0 Å². The van der Waals surface area contributed by atoms with Crippen LogP contribution in [0.2, 0.25) is 0 Å². The smallest absolute Gasteiger partial charge is 0.165 e. The van der Waals surface area contributed by atoms with Gasteiger partial charge in [0.1, 0.15) is 0 Å². The molecule has 0 aliphatic carbocycles. The SMILES string of the molecule is COc1ccc(C(=O)CC2CNCCN2C)cc1F. The molecule has 0 amide bonds. The quantitative estimate of drug-likeness (QED) is 0.834. The summed E-state index contributed by atoms with van der Waals surface area (Å²) in [6.45, 7) is 2.66. The monoisotopic (exact) mass is 266 g/mol. The lowest BCUT2D eigenvalue weighted by Gasteiger charge is -2.32. The fourth-order valence-electron chi connectivity index (χ4n) is 2.26. The minimum Gasteiger partial charge on any atom is -0.494 e. The van der Waals surface area contributed by atoms with E-state index in [0.29, 0.717) is 12.0 Å². The van der Waals surface area contributed by atoms with E-state index < -0.39 is 5.82 Å². The number of likely N-dealkylation sites (N-methyl/N-ethyl adjacent to an activating group) is 1. The van der Waals surface area contributed by atoms with E-state index in [-0.39, 0.29) is 17.6 Å². The molecular formula is C14H19FN2O2. The summed E-state index contributed by atoms with van der Waals surface area (Å²) in [5.74, 6) is -0.376. The predicted molar refractivity (Wildman–Crippen MR) is 71.2 cm³/mol. The minimum atomic E-state index is -0.497. The molecule has 5 heteroatoms. The van der Waals surface area contributed by atoms with E-state index in [1.165, 1.54) is 19.2 Å². The fourth-order valence-corrected chi connectivity index (χ4v) is 2.26. The standard InChI is InChI=1S/C14H19FN2O2/c1-17-6-5-16-9-11(17)8-13(18)10-3-4-14(19-2)12(15)7-10/h3-4,7,11,16H,5-6,8-9H2,1-2H3. The maximum atomic E-state index is 13.6. The van der Waals surface area contributed by atoms with E-state index in [1.54, 1.807) is 6.07 Å². The first kappa shape index (κ1) is 14.0. The van der Waals surface area contributed by atoms with E-state index in [0.717, 1.165) is 19.6 Å². The van der Waals surface area contributed by atoms with Crippen molar-refractivity contribution in [3.05, 3.63) is 29.6 Å². The molecular weight excluding hydrogens is 247 g/mol.